The summed E-state index contributed by atoms with van der Waals surface area (Å²) >= 11 is 0. The van der Waals surface area contributed by atoms with Crippen LogP contribution in [0.5, 0.6) is 5.88 Å². The minimum Gasteiger partial charge on any atom is -0.482 e. The fourth-order valence-electron chi connectivity index (χ4n) is 2.74. The third-order valence-corrected chi connectivity index (χ3v) is 5.60. The Morgan fingerprint density at radius 2 is 2.10 bits per heavy atom. The Labute approximate surface area is 118 Å². The lowest BCUT2D eigenvalue weighted by Gasteiger charge is -2.20. The molecule has 2 aromatic rings. The predicted molar refractivity (Wildman–Crippen MR) is 76.8 cm³/mol. The summed E-state index contributed by atoms with van der Waals surface area (Å²) < 4.78 is 30.1. The van der Waals surface area contributed by atoms with Crippen molar-refractivity contribution in [3.8, 4) is 5.88 Å². The average molecular weight is 294 g/mol. The number of rotatable bonds is 3. The maximum Gasteiger partial charge on any atom is 0.198 e. The van der Waals surface area contributed by atoms with Crippen LogP contribution >= 0.6 is 0 Å². The molecule has 1 aliphatic heterocycles. The fourth-order valence-corrected chi connectivity index (χ4v) is 4.33. The number of sulfone groups is 1. The number of hydrogen-bond donors (Lipinski definition) is 0. The zero-order valence-electron chi connectivity index (χ0n) is 11.4. The predicted octanol–water partition coefficient (Wildman–Crippen LogP) is 1.71. The molecule has 20 heavy (non-hydrogen) atoms. The van der Waals surface area contributed by atoms with E-state index in [9.17, 15) is 8.42 Å². The molecular weight excluding hydrogens is 276 g/mol. The average Bonchev–Trinajstić information content (AvgIpc) is 2.83. The van der Waals surface area contributed by atoms with Gasteiger partial charge in [0.1, 0.15) is 15.5 Å². The number of ether oxygens (including phenoxy) is 1. The van der Waals surface area contributed by atoms with Gasteiger partial charge >= 0.3 is 0 Å². The maximum absolute atomic E-state index is 11.4. The Bertz CT molecular complexity index is 707. The molecule has 2 aromatic heterocycles. The van der Waals surface area contributed by atoms with Gasteiger partial charge in [0.15, 0.2) is 5.88 Å². The molecule has 1 saturated heterocycles. The summed E-state index contributed by atoms with van der Waals surface area (Å²) in [7, 11) is -1.15. The Morgan fingerprint density at radius 1 is 1.35 bits per heavy atom. The molecule has 0 amide bonds. The molecule has 0 aromatic carbocycles. The molecule has 0 N–H and O–H groups in total. The van der Waals surface area contributed by atoms with Gasteiger partial charge in [-0.2, -0.15) is 0 Å². The van der Waals surface area contributed by atoms with E-state index in [0.717, 1.165) is 36.5 Å². The van der Waals surface area contributed by atoms with E-state index in [1.165, 1.54) is 0 Å². The lowest BCUT2D eigenvalue weighted by atomic mass is 9.97. The molecule has 1 aliphatic rings. The van der Waals surface area contributed by atoms with Gasteiger partial charge in [0.25, 0.3) is 0 Å². The van der Waals surface area contributed by atoms with E-state index in [1.807, 2.05) is 28.8 Å². The Kier molecular flexibility index (Phi) is 3.41. The zero-order chi connectivity index (χ0) is 14.2. The molecule has 1 fully saturated rings. The number of pyridine rings is 1. The first-order valence-corrected chi connectivity index (χ1v) is 8.61. The van der Waals surface area contributed by atoms with E-state index in [0.29, 0.717) is 17.4 Å². The summed E-state index contributed by atoms with van der Waals surface area (Å²) in [5, 5.41) is 0. The zero-order valence-corrected chi connectivity index (χ0v) is 12.3. The second kappa shape index (κ2) is 5.09. The molecule has 0 aliphatic carbocycles. The molecule has 0 unspecified atom stereocenters. The van der Waals surface area contributed by atoms with Gasteiger partial charge in [-0.1, -0.05) is 6.07 Å². The Morgan fingerprint density at radius 3 is 2.80 bits per heavy atom. The van der Waals surface area contributed by atoms with E-state index in [2.05, 4.69) is 4.98 Å². The summed E-state index contributed by atoms with van der Waals surface area (Å²) in [6.07, 6.45) is 4.30. The second-order valence-corrected chi connectivity index (χ2v) is 7.63. The molecule has 5 nitrogen and oxygen atoms in total. The van der Waals surface area contributed by atoms with Crippen molar-refractivity contribution >= 4 is 15.5 Å². The van der Waals surface area contributed by atoms with Crippen molar-refractivity contribution in [2.75, 3.05) is 18.6 Å². The topological polar surface area (TPSA) is 60.7 Å². The molecule has 3 heterocycles. The van der Waals surface area contributed by atoms with Crippen molar-refractivity contribution in [1.82, 2.24) is 9.38 Å². The highest BCUT2D eigenvalue weighted by atomic mass is 32.2. The van der Waals surface area contributed by atoms with Gasteiger partial charge in [-0.3, -0.25) is 4.40 Å². The lowest BCUT2D eigenvalue weighted by molar-refractivity contribution is 0.392. The molecule has 0 saturated carbocycles. The SMILES string of the molecule is COc1cccc2nc(CC3CCS(=O)(=O)CC3)cn12. The number of nitrogens with zero attached hydrogens (tertiary/aromatic N) is 2. The molecule has 3 rings (SSSR count). The highest BCUT2D eigenvalue weighted by Gasteiger charge is 2.24. The van der Waals surface area contributed by atoms with Crippen LogP contribution in [0.4, 0.5) is 0 Å². The monoisotopic (exact) mass is 294 g/mol. The maximum atomic E-state index is 11.4. The molecule has 0 spiro atoms. The van der Waals surface area contributed by atoms with Crippen LogP contribution in [0.25, 0.3) is 5.65 Å². The molecule has 108 valence electrons. The van der Waals surface area contributed by atoms with Crippen LogP contribution in [0.2, 0.25) is 0 Å². The minimum absolute atomic E-state index is 0.314. The van der Waals surface area contributed by atoms with Crippen LogP contribution in [0.1, 0.15) is 18.5 Å². The van der Waals surface area contributed by atoms with Crippen LogP contribution in [-0.2, 0) is 16.3 Å². The van der Waals surface area contributed by atoms with Crippen LogP contribution in [-0.4, -0.2) is 36.4 Å². The number of methoxy groups -OCH3 is 1. The first-order valence-electron chi connectivity index (χ1n) is 6.79. The highest BCUT2D eigenvalue weighted by molar-refractivity contribution is 7.91. The number of hydrogen-bond acceptors (Lipinski definition) is 4. The standard InChI is InChI=1S/C14H18N2O3S/c1-19-14-4-2-3-13-15-12(10-16(13)14)9-11-5-7-20(17,18)8-6-11/h2-4,10-11H,5-9H2,1H3. The van der Waals surface area contributed by atoms with E-state index >= 15 is 0 Å². The van der Waals surface area contributed by atoms with Gasteiger partial charge in [-0.25, -0.2) is 13.4 Å². The van der Waals surface area contributed by atoms with E-state index < -0.39 is 9.84 Å². The van der Waals surface area contributed by atoms with Gasteiger partial charge in [-0.05, 0) is 37.3 Å². The van der Waals surface area contributed by atoms with Gasteiger partial charge < -0.3 is 4.74 Å². The van der Waals surface area contributed by atoms with Crippen molar-refractivity contribution in [2.45, 2.75) is 19.3 Å². The van der Waals surface area contributed by atoms with Crippen molar-refractivity contribution in [3.63, 3.8) is 0 Å². The van der Waals surface area contributed by atoms with E-state index in [4.69, 9.17) is 4.74 Å². The van der Waals surface area contributed by atoms with Gasteiger partial charge in [0, 0.05) is 6.20 Å². The third kappa shape index (κ3) is 2.65. The fraction of sp³-hybridized carbons (Fsp3) is 0.500. The number of fused-ring (bicyclic) bond motifs is 1. The number of imidazole rings is 1. The Hall–Kier alpha value is -1.56. The van der Waals surface area contributed by atoms with Crippen LogP contribution in [0, 0.1) is 5.92 Å². The molecular formula is C14H18N2O3S. The molecule has 0 atom stereocenters. The van der Waals surface area contributed by atoms with Gasteiger partial charge in [0.05, 0.1) is 24.3 Å². The minimum atomic E-state index is -2.79. The normalized spacial score (nSPS) is 19.2. The highest BCUT2D eigenvalue weighted by Crippen LogP contribution is 2.24. The first kappa shape index (κ1) is 13.4. The molecule has 6 heteroatoms. The van der Waals surface area contributed by atoms with Gasteiger partial charge in [0.2, 0.25) is 0 Å². The van der Waals surface area contributed by atoms with Crippen molar-refractivity contribution in [3.05, 3.63) is 30.1 Å². The number of aromatic nitrogens is 2. The summed E-state index contributed by atoms with van der Waals surface area (Å²) in [6.45, 7) is 0. The summed E-state index contributed by atoms with van der Waals surface area (Å²) in [4.78, 5) is 4.59. The van der Waals surface area contributed by atoms with Crippen LogP contribution < -0.4 is 4.74 Å². The Balaban J connectivity index is 1.78. The van der Waals surface area contributed by atoms with Crippen LogP contribution in [0.3, 0.4) is 0 Å². The largest absolute Gasteiger partial charge is 0.482 e. The summed E-state index contributed by atoms with van der Waals surface area (Å²) in [5.41, 5.74) is 1.86. The quantitative estimate of drug-likeness (QED) is 0.864. The molecule has 0 bridgehead atoms. The second-order valence-electron chi connectivity index (χ2n) is 5.33. The smallest absolute Gasteiger partial charge is 0.198 e. The first-order chi connectivity index (χ1) is 9.57. The van der Waals surface area contributed by atoms with Crippen molar-refractivity contribution < 1.29 is 13.2 Å². The van der Waals surface area contributed by atoms with Crippen molar-refractivity contribution in [2.24, 2.45) is 5.92 Å². The summed E-state index contributed by atoms with van der Waals surface area (Å²) in [5.74, 6) is 1.80. The lowest BCUT2D eigenvalue weighted by Crippen LogP contribution is -2.24. The van der Waals surface area contributed by atoms with E-state index in [1.54, 1.807) is 7.11 Å². The molecule has 0 radical (unpaired) electrons. The van der Waals surface area contributed by atoms with E-state index in [-0.39, 0.29) is 0 Å². The third-order valence-electron chi connectivity index (χ3n) is 3.89. The van der Waals surface area contributed by atoms with Crippen LogP contribution in [0.15, 0.2) is 24.4 Å². The summed E-state index contributed by atoms with van der Waals surface area (Å²) in [6, 6.07) is 5.75. The van der Waals surface area contributed by atoms with Crippen molar-refractivity contribution in [1.29, 1.82) is 0 Å². The van der Waals surface area contributed by atoms with Gasteiger partial charge in [-0.15, -0.1) is 0 Å².